The van der Waals surface area contributed by atoms with Gasteiger partial charge in [0.25, 0.3) is 0 Å². The summed E-state index contributed by atoms with van der Waals surface area (Å²) in [6.45, 7) is 20.4. The molecule has 0 saturated carbocycles. The van der Waals surface area contributed by atoms with Gasteiger partial charge < -0.3 is 0 Å². The topological polar surface area (TPSA) is 34.1 Å². The highest BCUT2D eigenvalue weighted by atomic mass is 16.1. The molecule has 116 valence electrons. The second kappa shape index (κ2) is 15.6. The van der Waals surface area contributed by atoms with E-state index in [0.29, 0.717) is 0 Å². The molecule has 0 amide bonds. The lowest BCUT2D eigenvalue weighted by Crippen LogP contribution is -2.00. The van der Waals surface area contributed by atoms with Gasteiger partial charge >= 0.3 is 0 Å². The molecule has 0 bridgehead atoms. The van der Waals surface area contributed by atoms with Gasteiger partial charge in [-0.05, 0) is 25.0 Å². The highest BCUT2D eigenvalue weighted by Gasteiger charge is 1.98. The minimum atomic E-state index is 0.109. The molecule has 0 atom stereocenters. The highest BCUT2D eigenvalue weighted by molar-refractivity contribution is 5.90. The largest absolute Gasteiger partial charge is 0.295 e. The summed E-state index contributed by atoms with van der Waals surface area (Å²) in [6, 6.07) is 0. The molecule has 0 fully saturated rings. The normalized spacial score (nSPS) is 9.70. The number of carbonyl (C=O) groups excluding carboxylic acids is 2. The maximum Gasteiger partial charge on any atom is 0.157 e. The van der Waals surface area contributed by atoms with Crippen LogP contribution in [0.15, 0.2) is 37.5 Å². The first kappa shape index (κ1) is 23.6. The van der Waals surface area contributed by atoms with Gasteiger partial charge in [-0.15, -0.1) is 0 Å². The number of hydrogen-bond acceptors (Lipinski definition) is 2. The van der Waals surface area contributed by atoms with Gasteiger partial charge in [0, 0.05) is 11.8 Å². The van der Waals surface area contributed by atoms with E-state index in [1.807, 2.05) is 34.6 Å². The molecule has 0 heterocycles. The molecule has 0 aliphatic rings. The summed E-state index contributed by atoms with van der Waals surface area (Å²) in [7, 11) is 0. The van der Waals surface area contributed by atoms with Gasteiger partial charge in [0.05, 0.1) is 0 Å². The molecule has 0 radical (unpaired) electrons. The van der Waals surface area contributed by atoms with Gasteiger partial charge in [0.2, 0.25) is 0 Å². The average Bonchev–Trinajstić information content (AvgIpc) is 2.37. The standard InChI is InChI=1S/2C6H10O.C6H12/c2*1-4-6(7)5(2)3;1-4-5-6(2)3/h2*4-5H,1H2,2-3H3;4-6H,1-3H3. The lowest BCUT2D eigenvalue weighted by atomic mass is 10.1. The minimum absolute atomic E-state index is 0.109. The van der Waals surface area contributed by atoms with Crippen molar-refractivity contribution in [2.45, 2.75) is 48.5 Å². The third-order valence-electron chi connectivity index (χ3n) is 2.12. The Kier molecular flexibility index (Phi) is 18.5. The SMILES string of the molecule is C=CC(=O)C(C)C.C=CC(=O)C(C)C.CC=CC(C)C. The fourth-order valence-electron chi connectivity index (χ4n) is 0.856. The van der Waals surface area contributed by atoms with E-state index in [1.165, 1.54) is 12.2 Å². The number of allylic oxidation sites excluding steroid dienone is 4. The molecule has 0 aliphatic heterocycles. The summed E-state index contributed by atoms with van der Waals surface area (Å²) in [5.41, 5.74) is 0. The molecule has 2 nitrogen and oxygen atoms in total. The number of carbonyl (C=O) groups is 2. The number of ketones is 2. The minimum Gasteiger partial charge on any atom is -0.295 e. The zero-order valence-corrected chi connectivity index (χ0v) is 14.3. The van der Waals surface area contributed by atoms with Gasteiger partial charge in [0.1, 0.15) is 0 Å². The van der Waals surface area contributed by atoms with Crippen molar-refractivity contribution in [1.29, 1.82) is 0 Å². The third-order valence-corrected chi connectivity index (χ3v) is 2.12. The maximum atomic E-state index is 10.4. The van der Waals surface area contributed by atoms with E-state index in [0.717, 1.165) is 5.92 Å². The van der Waals surface area contributed by atoms with Crippen LogP contribution in [0.5, 0.6) is 0 Å². The highest BCUT2D eigenvalue weighted by Crippen LogP contribution is 1.93. The number of hydrogen-bond donors (Lipinski definition) is 0. The van der Waals surface area contributed by atoms with Crippen molar-refractivity contribution in [1.82, 2.24) is 0 Å². The summed E-state index contributed by atoms with van der Waals surface area (Å²) < 4.78 is 0. The second-order valence-electron chi connectivity index (χ2n) is 5.29. The maximum absolute atomic E-state index is 10.4. The fourth-order valence-corrected chi connectivity index (χ4v) is 0.856. The molecule has 0 N–H and O–H groups in total. The van der Waals surface area contributed by atoms with E-state index < -0.39 is 0 Å². The van der Waals surface area contributed by atoms with Crippen molar-refractivity contribution in [2.75, 3.05) is 0 Å². The molecular formula is C18H32O2. The first-order valence-electron chi connectivity index (χ1n) is 7.09. The van der Waals surface area contributed by atoms with Crippen molar-refractivity contribution in [3.05, 3.63) is 37.5 Å². The molecule has 0 saturated heterocycles. The Morgan fingerprint density at radius 2 is 1.10 bits per heavy atom. The van der Waals surface area contributed by atoms with E-state index >= 15 is 0 Å². The van der Waals surface area contributed by atoms with Crippen LogP contribution in [0.25, 0.3) is 0 Å². The Morgan fingerprint density at radius 1 is 0.800 bits per heavy atom. The summed E-state index contributed by atoms with van der Waals surface area (Å²) in [5.74, 6) is 1.16. The molecule has 2 heteroatoms. The van der Waals surface area contributed by atoms with Gasteiger partial charge in [-0.3, -0.25) is 9.59 Å². The van der Waals surface area contributed by atoms with Crippen LogP contribution >= 0.6 is 0 Å². The van der Waals surface area contributed by atoms with Crippen LogP contribution < -0.4 is 0 Å². The smallest absolute Gasteiger partial charge is 0.157 e. The monoisotopic (exact) mass is 280 g/mol. The van der Waals surface area contributed by atoms with Gasteiger partial charge in [0.15, 0.2) is 11.6 Å². The predicted molar refractivity (Wildman–Crippen MR) is 89.7 cm³/mol. The summed E-state index contributed by atoms with van der Waals surface area (Å²) in [5, 5.41) is 0. The summed E-state index contributed by atoms with van der Waals surface area (Å²) >= 11 is 0. The van der Waals surface area contributed by atoms with Gasteiger partial charge in [-0.25, -0.2) is 0 Å². The Hall–Kier alpha value is -1.44. The van der Waals surface area contributed by atoms with E-state index in [-0.39, 0.29) is 23.4 Å². The first-order valence-corrected chi connectivity index (χ1v) is 7.09. The zero-order valence-electron chi connectivity index (χ0n) is 14.3. The first-order chi connectivity index (χ1) is 9.13. The second-order valence-corrected chi connectivity index (χ2v) is 5.29. The van der Waals surface area contributed by atoms with Crippen LogP contribution in [0.3, 0.4) is 0 Å². The Morgan fingerprint density at radius 3 is 1.10 bits per heavy atom. The lowest BCUT2D eigenvalue weighted by molar-refractivity contribution is -0.118. The molecule has 0 unspecified atom stereocenters. The van der Waals surface area contributed by atoms with E-state index in [2.05, 4.69) is 39.2 Å². The van der Waals surface area contributed by atoms with Crippen molar-refractivity contribution >= 4 is 11.6 Å². The van der Waals surface area contributed by atoms with Gasteiger partial charge in [-0.1, -0.05) is 66.9 Å². The van der Waals surface area contributed by atoms with Crippen LogP contribution in [0.4, 0.5) is 0 Å². The summed E-state index contributed by atoms with van der Waals surface area (Å²) in [6.07, 6.45) is 6.94. The predicted octanol–water partition coefficient (Wildman–Crippen LogP) is 5.01. The van der Waals surface area contributed by atoms with E-state index in [4.69, 9.17) is 0 Å². The fraction of sp³-hybridized carbons (Fsp3) is 0.556. The summed E-state index contributed by atoms with van der Waals surface area (Å²) in [4.78, 5) is 20.8. The molecule has 0 spiro atoms. The Labute approximate surface area is 125 Å². The van der Waals surface area contributed by atoms with E-state index in [1.54, 1.807) is 0 Å². The Balaban J connectivity index is -0.000000218. The van der Waals surface area contributed by atoms with Crippen LogP contribution in [0.1, 0.15) is 48.5 Å². The molecule has 20 heavy (non-hydrogen) atoms. The van der Waals surface area contributed by atoms with Crippen LogP contribution in [-0.4, -0.2) is 11.6 Å². The van der Waals surface area contributed by atoms with Crippen molar-refractivity contribution in [3.63, 3.8) is 0 Å². The molecular weight excluding hydrogens is 248 g/mol. The number of rotatable bonds is 5. The third kappa shape index (κ3) is 21.8. The van der Waals surface area contributed by atoms with Crippen LogP contribution in [0.2, 0.25) is 0 Å². The molecule has 0 aromatic heterocycles. The molecule has 0 aromatic carbocycles. The van der Waals surface area contributed by atoms with E-state index in [9.17, 15) is 9.59 Å². The van der Waals surface area contributed by atoms with Crippen molar-refractivity contribution < 1.29 is 9.59 Å². The van der Waals surface area contributed by atoms with Gasteiger partial charge in [-0.2, -0.15) is 0 Å². The quantitative estimate of drug-likeness (QED) is 0.524. The van der Waals surface area contributed by atoms with Crippen LogP contribution in [0, 0.1) is 17.8 Å². The molecule has 0 aromatic rings. The molecule has 0 rings (SSSR count). The van der Waals surface area contributed by atoms with Crippen molar-refractivity contribution in [3.8, 4) is 0 Å². The zero-order chi connectivity index (χ0) is 16.7. The average molecular weight is 280 g/mol. The lowest BCUT2D eigenvalue weighted by Gasteiger charge is -1.92. The Bertz CT molecular complexity index is 283. The molecule has 0 aliphatic carbocycles. The van der Waals surface area contributed by atoms with Crippen LogP contribution in [-0.2, 0) is 9.59 Å². The van der Waals surface area contributed by atoms with Crippen molar-refractivity contribution in [2.24, 2.45) is 17.8 Å².